The smallest absolute Gasteiger partial charge is 0.218 e. The molecule has 4 heteroatoms. The Balaban J connectivity index is 2.36. The molecule has 1 aliphatic rings. The minimum Gasteiger partial charge on any atom is -0.294 e. The topological polar surface area (TPSA) is 46.4 Å². The molecule has 0 aromatic heterocycles. The Hall–Kier alpha value is -0.640. The average molecular weight is 186 g/mol. The highest BCUT2D eigenvalue weighted by atomic mass is 16.6. The number of rotatable bonds is 3. The van der Waals surface area contributed by atoms with E-state index in [1.54, 1.807) is 0 Å². The van der Waals surface area contributed by atoms with E-state index in [-0.39, 0.29) is 17.5 Å². The fourth-order valence-electron chi connectivity index (χ4n) is 1.96. The van der Waals surface area contributed by atoms with Gasteiger partial charge in [0.15, 0.2) is 0 Å². The molecule has 0 radical (unpaired) electrons. The second kappa shape index (κ2) is 4.56. The van der Waals surface area contributed by atoms with Crippen LogP contribution in [-0.4, -0.2) is 35.5 Å². The Kier molecular flexibility index (Phi) is 3.66. The van der Waals surface area contributed by atoms with Crippen LogP contribution in [0.15, 0.2) is 0 Å². The van der Waals surface area contributed by atoms with Crippen LogP contribution in [0.1, 0.15) is 26.7 Å². The van der Waals surface area contributed by atoms with Gasteiger partial charge in [0.05, 0.1) is 6.04 Å². The van der Waals surface area contributed by atoms with Crippen LogP contribution in [0.4, 0.5) is 0 Å². The molecule has 0 aromatic carbocycles. The van der Waals surface area contributed by atoms with Crippen molar-refractivity contribution in [2.75, 3.05) is 19.6 Å². The van der Waals surface area contributed by atoms with Gasteiger partial charge in [-0.1, -0.05) is 6.92 Å². The van der Waals surface area contributed by atoms with Crippen molar-refractivity contribution in [2.45, 2.75) is 32.7 Å². The molecule has 0 N–H and O–H groups in total. The largest absolute Gasteiger partial charge is 0.294 e. The summed E-state index contributed by atoms with van der Waals surface area (Å²) in [7, 11) is 0. The van der Waals surface area contributed by atoms with Gasteiger partial charge in [-0.05, 0) is 32.2 Å². The van der Waals surface area contributed by atoms with Gasteiger partial charge in [-0.15, -0.1) is 0 Å². The molecule has 1 fully saturated rings. The molecule has 1 rings (SSSR count). The molecule has 0 aliphatic carbocycles. The molecular formula is C9H18N2O2. The second-order valence-corrected chi connectivity index (χ2v) is 4.11. The van der Waals surface area contributed by atoms with Gasteiger partial charge in [-0.25, -0.2) is 0 Å². The monoisotopic (exact) mass is 186 g/mol. The predicted molar refractivity (Wildman–Crippen MR) is 51.3 cm³/mol. The first-order valence-corrected chi connectivity index (χ1v) is 4.95. The number of hydrogen-bond acceptors (Lipinski definition) is 3. The summed E-state index contributed by atoms with van der Waals surface area (Å²) in [6.45, 7) is 6.28. The van der Waals surface area contributed by atoms with Crippen molar-refractivity contribution in [2.24, 2.45) is 5.92 Å². The molecule has 0 aromatic rings. The van der Waals surface area contributed by atoms with Crippen molar-refractivity contribution >= 4 is 0 Å². The number of hydrogen-bond donors (Lipinski definition) is 0. The summed E-state index contributed by atoms with van der Waals surface area (Å²) in [5, 5.41) is 10.3. The third-order valence-corrected chi connectivity index (χ3v) is 2.73. The molecule has 0 amide bonds. The average Bonchev–Trinajstić information content (AvgIpc) is 2.03. The first kappa shape index (κ1) is 10.4. The van der Waals surface area contributed by atoms with E-state index in [2.05, 4.69) is 11.8 Å². The lowest BCUT2D eigenvalue weighted by molar-refractivity contribution is -0.486. The molecule has 0 spiro atoms. The summed E-state index contributed by atoms with van der Waals surface area (Å²) in [6.07, 6.45) is 2.45. The number of nitrogens with zero attached hydrogens (tertiary/aromatic N) is 2. The fraction of sp³-hybridized carbons (Fsp3) is 1.00. The molecule has 1 heterocycles. The SMILES string of the molecule is CC1CCCN(C(C)C[N+](=O)[O-])C1. The van der Waals surface area contributed by atoms with E-state index in [1.807, 2.05) is 6.92 Å². The van der Waals surface area contributed by atoms with Gasteiger partial charge in [0, 0.05) is 11.5 Å². The van der Waals surface area contributed by atoms with Crippen LogP contribution in [0, 0.1) is 16.0 Å². The minimum absolute atomic E-state index is 0.0761. The molecule has 1 saturated heterocycles. The Bertz CT molecular complexity index is 184. The van der Waals surface area contributed by atoms with Crippen LogP contribution in [-0.2, 0) is 0 Å². The molecule has 76 valence electrons. The van der Waals surface area contributed by atoms with Gasteiger partial charge in [0.1, 0.15) is 0 Å². The minimum atomic E-state index is -0.218. The maximum Gasteiger partial charge on any atom is 0.218 e. The van der Waals surface area contributed by atoms with Crippen molar-refractivity contribution in [1.82, 2.24) is 4.90 Å². The van der Waals surface area contributed by atoms with Crippen LogP contribution in [0.25, 0.3) is 0 Å². The van der Waals surface area contributed by atoms with E-state index in [0.717, 1.165) is 13.1 Å². The Morgan fingerprint density at radius 1 is 1.69 bits per heavy atom. The van der Waals surface area contributed by atoms with Crippen LogP contribution in [0.3, 0.4) is 0 Å². The van der Waals surface area contributed by atoms with Crippen LogP contribution >= 0.6 is 0 Å². The standard InChI is InChI=1S/C9H18N2O2/c1-8-4-3-5-10(6-8)9(2)7-11(12)13/h8-9H,3-7H2,1-2H3. The van der Waals surface area contributed by atoms with Crippen molar-refractivity contribution < 1.29 is 4.92 Å². The molecule has 2 atom stereocenters. The molecule has 2 unspecified atom stereocenters. The quantitative estimate of drug-likeness (QED) is 0.494. The van der Waals surface area contributed by atoms with Gasteiger partial charge in [0.25, 0.3) is 0 Å². The van der Waals surface area contributed by atoms with Gasteiger partial charge < -0.3 is 0 Å². The lowest BCUT2D eigenvalue weighted by Gasteiger charge is -2.33. The van der Waals surface area contributed by atoms with E-state index in [9.17, 15) is 10.1 Å². The number of nitro groups is 1. The highest BCUT2D eigenvalue weighted by Gasteiger charge is 2.23. The third-order valence-electron chi connectivity index (χ3n) is 2.73. The zero-order valence-electron chi connectivity index (χ0n) is 8.40. The Morgan fingerprint density at radius 2 is 2.38 bits per heavy atom. The van der Waals surface area contributed by atoms with Crippen molar-refractivity contribution in [3.63, 3.8) is 0 Å². The summed E-state index contributed by atoms with van der Waals surface area (Å²) in [4.78, 5) is 12.3. The predicted octanol–water partition coefficient (Wildman–Crippen LogP) is 1.38. The molecule has 13 heavy (non-hydrogen) atoms. The maximum atomic E-state index is 10.3. The normalized spacial score (nSPS) is 27.1. The first-order valence-electron chi connectivity index (χ1n) is 4.95. The van der Waals surface area contributed by atoms with Crippen molar-refractivity contribution in [3.05, 3.63) is 10.1 Å². The van der Waals surface area contributed by atoms with Crippen molar-refractivity contribution in [3.8, 4) is 0 Å². The summed E-state index contributed by atoms with van der Waals surface area (Å²) in [5.41, 5.74) is 0. The molecular weight excluding hydrogens is 168 g/mol. The van der Waals surface area contributed by atoms with Crippen LogP contribution in [0.2, 0.25) is 0 Å². The zero-order chi connectivity index (χ0) is 9.84. The van der Waals surface area contributed by atoms with Crippen LogP contribution in [0.5, 0.6) is 0 Å². The number of likely N-dealkylation sites (tertiary alicyclic amines) is 1. The second-order valence-electron chi connectivity index (χ2n) is 4.11. The zero-order valence-corrected chi connectivity index (χ0v) is 8.40. The van der Waals surface area contributed by atoms with E-state index in [0.29, 0.717) is 5.92 Å². The summed E-state index contributed by atoms with van der Waals surface area (Å²) in [5.74, 6) is 0.697. The van der Waals surface area contributed by atoms with E-state index in [1.165, 1.54) is 12.8 Å². The molecule has 1 aliphatic heterocycles. The third kappa shape index (κ3) is 3.30. The van der Waals surface area contributed by atoms with Crippen molar-refractivity contribution in [1.29, 1.82) is 0 Å². The first-order chi connectivity index (χ1) is 6.09. The van der Waals surface area contributed by atoms with E-state index in [4.69, 9.17) is 0 Å². The highest BCUT2D eigenvalue weighted by Crippen LogP contribution is 2.17. The molecule has 0 saturated carbocycles. The maximum absolute atomic E-state index is 10.3. The Morgan fingerprint density at radius 3 is 2.92 bits per heavy atom. The van der Waals surface area contributed by atoms with Gasteiger partial charge in [0.2, 0.25) is 6.54 Å². The van der Waals surface area contributed by atoms with Gasteiger partial charge >= 0.3 is 0 Å². The van der Waals surface area contributed by atoms with Crippen LogP contribution < -0.4 is 0 Å². The van der Waals surface area contributed by atoms with Gasteiger partial charge in [-0.3, -0.25) is 15.0 Å². The van der Waals surface area contributed by atoms with Gasteiger partial charge in [-0.2, -0.15) is 0 Å². The summed E-state index contributed by atoms with van der Waals surface area (Å²) >= 11 is 0. The molecule has 4 nitrogen and oxygen atoms in total. The fourth-order valence-corrected chi connectivity index (χ4v) is 1.96. The number of piperidine rings is 1. The lowest BCUT2D eigenvalue weighted by Crippen LogP contribution is -2.43. The summed E-state index contributed by atoms with van der Waals surface area (Å²) < 4.78 is 0. The highest BCUT2D eigenvalue weighted by molar-refractivity contribution is 4.74. The lowest BCUT2D eigenvalue weighted by atomic mass is 9.99. The Labute approximate surface area is 79.1 Å². The molecule has 0 bridgehead atoms. The summed E-state index contributed by atoms with van der Waals surface area (Å²) in [6, 6.07) is 0.0951. The van der Waals surface area contributed by atoms with E-state index >= 15 is 0 Å². The van der Waals surface area contributed by atoms with E-state index < -0.39 is 0 Å².